The Morgan fingerprint density at radius 2 is 1.97 bits per heavy atom. The summed E-state index contributed by atoms with van der Waals surface area (Å²) >= 11 is 0. The van der Waals surface area contributed by atoms with Crippen molar-refractivity contribution in [3.05, 3.63) is 42.1 Å². The topological polar surface area (TPSA) is 70.6 Å². The number of benzene rings is 1. The van der Waals surface area contributed by atoms with Gasteiger partial charge >= 0.3 is 0 Å². The van der Waals surface area contributed by atoms with Crippen LogP contribution in [0.15, 0.2) is 36.4 Å². The van der Waals surface area contributed by atoms with E-state index >= 15 is 0 Å². The van der Waals surface area contributed by atoms with Gasteiger partial charge in [-0.3, -0.25) is 4.79 Å². The van der Waals surface area contributed by atoms with Crippen LogP contribution in [-0.2, 0) is 4.74 Å². The first-order chi connectivity index (χ1) is 14.2. The molecule has 2 aromatic rings. The van der Waals surface area contributed by atoms with Crippen LogP contribution in [0.3, 0.4) is 0 Å². The van der Waals surface area contributed by atoms with Crippen molar-refractivity contribution in [3.8, 4) is 11.4 Å². The van der Waals surface area contributed by atoms with Crippen LogP contribution in [-0.4, -0.2) is 77.7 Å². The summed E-state index contributed by atoms with van der Waals surface area (Å²) in [6.07, 6.45) is 2.35. The Kier molecular flexibility index (Phi) is 6.36. The number of aromatic nitrogens is 2. The summed E-state index contributed by atoms with van der Waals surface area (Å²) in [4.78, 5) is 26.7. The van der Waals surface area contributed by atoms with Crippen LogP contribution in [0.2, 0.25) is 0 Å². The van der Waals surface area contributed by atoms with Gasteiger partial charge in [0.1, 0.15) is 11.5 Å². The van der Waals surface area contributed by atoms with E-state index < -0.39 is 0 Å². The highest BCUT2D eigenvalue weighted by molar-refractivity contribution is 5.93. The molecule has 0 bridgehead atoms. The van der Waals surface area contributed by atoms with Gasteiger partial charge < -0.3 is 19.9 Å². The first-order valence-electron chi connectivity index (χ1n) is 10.5. The average Bonchev–Trinajstić information content (AvgIpc) is 3.31. The fourth-order valence-electron chi connectivity index (χ4n) is 3.82. The largest absolute Gasteiger partial charge is 0.376 e. The molecule has 29 heavy (non-hydrogen) atoms. The summed E-state index contributed by atoms with van der Waals surface area (Å²) in [5.74, 6) is 1.21. The Hall–Kier alpha value is -2.51. The van der Waals surface area contributed by atoms with E-state index in [1.165, 1.54) is 0 Å². The van der Waals surface area contributed by atoms with Gasteiger partial charge in [0.05, 0.1) is 6.10 Å². The minimum atomic E-state index is -0.0273. The number of anilines is 1. The van der Waals surface area contributed by atoms with Crippen LogP contribution >= 0.6 is 0 Å². The lowest BCUT2D eigenvalue weighted by Crippen LogP contribution is -2.48. The highest BCUT2D eigenvalue weighted by Gasteiger charge is 2.24. The lowest BCUT2D eigenvalue weighted by Gasteiger charge is -2.33. The summed E-state index contributed by atoms with van der Waals surface area (Å²) in [7, 11) is 0. The monoisotopic (exact) mass is 395 g/mol. The predicted molar refractivity (Wildman–Crippen MR) is 113 cm³/mol. The molecule has 0 spiro atoms. The van der Waals surface area contributed by atoms with Crippen molar-refractivity contribution in [1.29, 1.82) is 0 Å². The highest BCUT2D eigenvalue weighted by atomic mass is 16.5. The number of hydrogen-bond acceptors (Lipinski definition) is 6. The molecule has 0 aliphatic carbocycles. The smallest absolute Gasteiger partial charge is 0.272 e. The average molecular weight is 396 g/mol. The molecule has 2 aliphatic rings. The summed E-state index contributed by atoms with van der Waals surface area (Å²) in [6, 6.07) is 11.6. The molecule has 154 valence electrons. The van der Waals surface area contributed by atoms with Crippen molar-refractivity contribution in [2.75, 3.05) is 51.2 Å². The molecular formula is C22H29N5O2. The van der Waals surface area contributed by atoms with Crippen molar-refractivity contribution in [3.63, 3.8) is 0 Å². The summed E-state index contributed by atoms with van der Waals surface area (Å²) < 4.78 is 5.70. The maximum absolute atomic E-state index is 13.2. The number of piperazine rings is 1. The molecular weight excluding hydrogens is 366 g/mol. The third-order valence-electron chi connectivity index (χ3n) is 5.62. The van der Waals surface area contributed by atoms with Crippen LogP contribution in [0, 0.1) is 0 Å². The van der Waals surface area contributed by atoms with Crippen LogP contribution in [0.5, 0.6) is 0 Å². The second-order valence-corrected chi connectivity index (χ2v) is 7.57. The number of likely N-dealkylation sites (N-methyl/N-ethyl adjacent to an activating group) is 1. The number of nitrogens with zero attached hydrogens (tertiary/aromatic N) is 4. The van der Waals surface area contributed by atoms with E-state index in [0.29, 0.717) is 23.9 Å². The molecule has 7 heteroatoms. The number of carbonyl (C=O) groups is 1. The maximum atomic E-state index is 13.2. The van der Waals surface area contributed by atoms with E-state index in [1.807, 2.05) is 35.2 Å². The van der Waals surface area contributed by atoms with Gasteiger partial charge in [-0.25, -0.2) is 9.97 Å². The molecule has 2 fully saturated rings. The fourth-order valence-corrected chi connectivity index (χ4v) is 3.82. The Morgan fingerprint density at radius 3 is 2.66 bits per heavy atom. The molecule has 1 aromatic carbocycles. The van der Waals surface area contributed by atoms with Gasteiger partial charge in [0.15, 0.2) is 5.82 Å². The molecule has 1 aromatic heterocycles. The molecule has 2 aliphatic heterocycles. The van der Waals surface area contributed by atoms with Gasteiger partial charge in [-0.05, 0) is 19.4 Å². The van der Waals surface area contributed by atoms with Crippen LogP contribution < -0.4 is 5.32 Å². The van der Waals surface area contributed by atoms with Crippen LogP contribution in [0.4, 0.5) is 5.82 Å². The molecule has 1 unspecified atom stereocenters. The van der Waals surface area contributed by atoms with Gasteiger partial charge in [-0.2, -0.15) is 0 Å². The number of nitrogens with one attached hydrogen (secondary N) is 1. The third-order valence-corrected chi connectivity index (χ3v) is 5.62. The number of carbonyl (C=O) groups excluding carboxylic acids is 1. The zero-order valence-corrected chi connectivity index (χ0v) is 17.0. The normalized spacial score (nSPS) is 20.0. The van der Waals surface area contributed by atoms with Crippen molar-refractivity contribution in [1.82, 2.24) is 19.8 Å². The van der Waals surface area contributed by atoms with E-state index in [1.54, 1.807) is 6.07 Å². The Balaban J connectivity index is 1.56. The van der Waals surface area contributed by atoms with Crippen LogP contribution in [0.25, 0.3) is 11.4 Å². The van der Waals surface area contributed by atoms with Crippen molar-refractivity contribution in [2.45, 2.75) is 25.9 Å². The lowest BCUT2D eigenvalue weighted by molar-refractivity contribution is 0.0637. The van der Waals surface area contributed by atoms with E-state index in [-0.39, 0.29) is 12.0 Å². The molecule has 0 saturated carbocycles. The Labute approximate surface area is 172 Å². The minimum absolute atomic E-state index is 0.0273. The second-order valence-electron chi connectivity index (χ2n) is 7.57. The zero-order chi connectivity index (χ0) is 20.1. The van der Waals surface area contributed by atoms with Crippen LogP contribution in [0.1, 0.15) is 30.3 Å². The maximum Gasteiger partial charge on any atom is 0.272 e. The predicted octanol–water partition coefficient (Wildman–Crippen LogP) is 2.51. The highest BCUT2D eigenvalue weighted by Crippen LogP contribution is 2.20. The van der Waals surface area contributed by atoms with Gasteiger partial charge in [0, 0.05) is 51.0 Å². The Morgan fingerprint density at radius 1 is 1.17 bits per heavy atom. The standard InChI is InChI=1S/C22H29N5O2/c1-2-26-10-12-27(13-11-26)22(28)19-15-20(23-16-18-9-6-14-29-18)25-21(24-19)17-7-4-3-5-8-17/h3-5,7-8,15,18H,2,6,9-14,16H2,1H3,(H,23,24,25). The number of amides is 1. The van der Waals surface area contributed by atoms with Gasteiger partial charge in [-0.15, -0.1) is 0 Å². The third kappa shape index (κ3) is 4.92. The summed E-state index contributed by atoms with van der Waals surface area (Å²) in [5.41, 5.74) is 1.34. The number of rotatable bonds is 6. The second kappa shape index (κ2) is 9.33. The molecule has 2 saturated heterocycles. The van der Waals surface area contributed by atoms with Gasteiger partial charge in [-0.1, -0.05) is 37.3 Å². The molecule has 7 nitrogen and oxygen atoms in total. The van der Waals surface area contributed by atoms with E-state index in [2.05, 4.69) is 27.1 Å². The van der Waals surface area contributed by atoms with Gasteiger partial charge in [0.25, 0.3) is 5.91 Å². The summed E-state index contributed by atoms with van der Waals surface area (Å²) in [6.45, 7) is 7.95. The van der Waals surface area contributed by atoms with Crippen molar-refractivity contribution in [2.24, 2.45) is 0 Å². The quantitative estimate of drug-likeness (QED) is 0.810. The number of ether oxygens (including phenoxy) is 1. The molecule has 4 rings (SSSR count). The van der Waals surface area contributed by atoms with E-state index in [4.69, 9.17) is 4.74 Å². The summed E-state index contributed by atoms with van der Waals surface area (Å²) in [5, 5.41) is 3.36. The van der Waals surface area contributed by atoms with Crippen molar-refractivity contribution < 1.29 is 9.53 Å². The lowest BCUT2D eigenvalue weighted by atomic mass is 10.2. The molecule has 1 atom stereocenters. The molecule has 0 radical (unpaired) electrons. The van der Waals surface area contributed by atoms with Gasteiger partial charge in [0.2, 0.25) is 0 Å². The fraction of sp³-hybridized carbons (Fsp3) is 0.500. The molecule has 1 N–H and O–H groups in total. The number of hydrogen-bond donors (Lipinski definition) is 1. The SMILES string of the molecule is CCN1CCN(C(=O)c2cc(NCC3CCCO3)nc(-c3ccccc3)n2)CC1. The minimum Gasteiger partial charge on any atom is -0.376 e. The molecule has 1 amide bonds. The van der Waals surface area contributed by atoms with E-state index in [0.717, 1.165) is 57.7 Å². The zero-order valence-electron chi connectivity index (χ0n) is 17.0. The van der Waals surface area contributed by atoms with E-state index in [9.17, 15) is 4.79 Å². The van der Waals surface area contributed by atoms with Crippen molar-refractivity contribution >= 4 is 11.7 Å². The first kappa shape index (κ1) is 19.8. The molecule has 3 heterocycles. The Bertz CT molecular complexity index is 815. The first-order valence-corrected chi connectivity index (χ1v) is 10.5.